The van der Waals surface area contributed by atoms with Crippen LogP contribution in [0.5, 0.6) is 0 Å². The third-order valence-electron chi connectivity index (χ3n) is 1.26. The van der Waals surface area contributed by atoms with Crippen LogP contribution >= 0.6 is 22.6 Å². The fraction of sp³-hybridized carbons (Fsp3) is 1.00. The van der Waals surface area contributed by atoms with Crippen molar-refractivity contribution < 1.29 is 14.2 Å². The van der Waals surface area contributed by atoms with Crippen LogP contribution in [0, 0.1) is 0 Å². The molecule has 9 heavy (non-hydrogen) atoms. The molecule has 0 aromatic carbocycles. The largest absolute Gasteiger partial charge is 0.394 e. The molecule has 0 radical (unpaired) electrons. The molecular weight excluding hydrogens is 238 g/mol. The van der Waals surface area contributed by atoms with Gasteiger partial charge in [0.15, 0.2) is 3.68 Å². The normalized spacial score (nSPS) is 43.7. The number of hydrogen-bond acceptors (Lipinski definition) is 2. The molecule has 1 saturated heterocycles. The third kappa shape index (κ3) is 2.01. The number of rotatable bonds is 1. The monoisotopic (exact) mass is 246 g/mol. The van der Waals surface area contributed by atoms with Gasteiger partial charge in [-0.25, -0.2) is 4.39 Å². The minimum Gasteiger partial charge on any atom is -0.394 e. The molecule has 0 spiro atoms. The maximum Gasteiger partial charge on any atom is 0.186 e. The number of alkyl halides is 2. The van der Waals surface area contributed by atoms with Gasteiger partial charge in [0.25, 0.3) is 0 Å². The Bertz CT molecular complexity index is 107. The molecule has 1 aliphatic rings. The zero-order valence-electron chi connectivity index (χ0n) is 4.81. The molecule has 54 valence electrons. The van der Waals surface area contributed by atoms with Crippen molar-refractivity contribution in [2.24, 2.45) is 0 Å². The predicted octanol–water partition coefficient (Wildman–Crippen LogP) is 0.868. The smallest absolute Gasteiger partial charge is 0.186 e. The molecule has 4 heteroatoms. The Labute approximate surface area is 66.5 Å². The average molecular weight is 246 g/mol. The molecule has 0 bridgehead atoms. The Morgan fingerprint density at radius 2 is 2.56 bits per heavy atom. The molecule has 0 aromatic rings. The van der Waals surface area contributed by atoms with E-state index in [1.54, 1.807) is 22.6 Å². The second kappa shape index (κ2) is 2.67. The summed E-state index contributed by atoms with van der Waals surface area (Å²) in [4.78, 5) is 0. The number of ether oxygens (including phenoxy) is 1. The highest BCUT2D eigenvalue weighted by Crippen LogP contribution is 2.33. The van der Waals surface area contributed by atoms with Crippen molar-refractivity contribution >= 4 is 22.6 Å². The van der Waals surface area contributed by atoms with Gasteiger partial charge in [-0.15, -0.1) is 0 Å². The molecule has 0 aromatic heterocycles. The van der Waals surface area contributed by atoms with E-state index >= 15 is 0 Å². The van der Waals surface area contributed by atoms with Gasteiger partial charge in [0.2, 0.25) is 0 Å². The minimum atomic E-state index is -1.24. The topological polar surface area (TPSA) is 29.5 Å². The van der Waals surface area contributed by atoms with E-state index in [9.17, 15) is 4.39 Å². The van der Waals surface area contributed by atoms with Gasteiger partial charge in [-0.05, 0) is 22.6 Å². The van der Waals surface area contributed by atoms with Crippen LogP contribution in [0.4, 0.5) is 4.39 Å². The minimum absolute atomic E-state index is 0.0747. The standard InChI is InChI=1S/C5H8FIO2/c6-5(7)1-4(2-8)9-3-5/h4,8H,1-3H2/t4-,5?/m0/s1. The van der Waals surface area contributed by atoms with Crippen molar-refractivity contribution in [3.8, 4) is 0 Å². The number of aliphatic hydroxyl groups excluding tert-OH is 1. The van der Waals surface area contributed by atoms with Crippen molar-refractivity contribution in [3.05, 3.63) is 0 Å². The Morgan fingerprint density at radius 1 is 1.89 bits per heavy atom. The van der Waals surface area contributed by atoms with E-state index in [0.29, 0.717) is 6.42 Å². The first kappa shape index (κ1) is 7.68. The molecule has 1 fully saturated rings. The zero-order valence-corrected chi connectivity index (χ0v) is 6.97. The summed E-state index contributed by atoms with van der Waals surface area (Å²) in [6, 6.07) is 0. The van der Waals surface area contributed by atoms with Crippen LogP contribution in [-0.4, -0.2) is 28.1 Å². The highest BCUT2D eigenvalue weighted by Gasteiger charge is 2.37. The maximum absolute atomic E-state index is 12.8. The van der Waals surface area contributed by atoms with Gasteiger partial charge in [-0.1, -0.05) is 0 Å². The lowest BCUT2D eigenvalue weighted by Gasteiger charge is -2.05. The first-order chi connectivity index (χ1) is 4.14. The highest BCUT2D eigenvalue weighted by atomic mass is 127. The van der Waals surface area contributed by atoms with Crippen molar-refractivity contribution in [3.63, 3.8) is 0 Å². The van der Waals surface area contributed by atoms with Crippen LogP contribution < -0.4 is 0 Å². The Balaban J connectivity index is 2.38. The molecular formula is C5H8FIO2. The molecule has 0 saturated carbocycles. The van der Waals surface area contributed by atoms with Gasteiger partial charge in [-0.3, -0.25) is 0 Å². The van der Waals surface area contributed by atoms with E-state index in [2.05, 4.69) is 0 Å². The van der Waals surface area contributed by atoms with E-state index in [4.69, 9.17) is 9.84 Å². The summed E-state index contributed by atoms with van der Waals surface area (Å²) in [6.45, 7) is 0.0352. The van der Waals surface area contributed by atoms with Gasteiger partial charge >= 0.3 is 0 Å². The molecule has 0 aliphatic carbocycles. The second-order valence-electron chi connectivity index (χ2n) is 2.18. The number of hydrogen-bond donors (Lipinski definition) is 1. The SMILES string of the molecule is OC[C@@H]1CC(F)(I)CO1. The number of aliphatic hydroxyl groups is 1. The van der Waals surface area contributed by atoms with Gasteiger partial charge in [0.05, 0.1) is 19.3 Å². The average Bonchev–Trinajstić information content (AvgIpc) is 2.10. The van der Waals surface area contributed by atoms with Crippen LogP contribution in [0.2, 0.25) is 0 Å². The van der Waals surface area contributed by atoms with Gasteiger partial charge < -0.3 is 9.84 Å². The maximum atomic E-state index is 12.8. The fourth-order valence-electron chi connectivity index (χ4n) is 0.808. The number of halogens is 2. The van der Waals surface area contributed by atoms with E-state index in [0.717, 1.165) is 0 Å². The van der Waals surface area contributed by atoms with Crippen LogP contribution in [0.3, 0.4) is 0 Å². The Hall–Kier alpha value is 0.580. The summed E-state index contributed by atoms with van der Waals surface area (Å²) in [5.41, 5.74) is 0. The third-order valence-corrected chi connectivity index (χ3v) is 2.01. The van der Waals surface area contributed by atoms with Crippen molar-refractivity contribution in [2.75, 3.05) is 13.2 Å². The summed E-state index contributed by atoms with van der Waals surface area (Å²) in [5.74, 6) is 0. The molecule has 2 nitrogen and oxygen atoms in total. The van der Waals surface area contributed by atoms with Crippen LogP contribution in [0.25, 0.3) is 0 Å². The summed E-state index contributed by atoms with van der Waals surface area (Å²) >= 11 is 1.70. The van der Waals surface area contributed by atoms with Crippen LogP contribution in [0.1, 0.15) is 6.42 Å². The van der Waals surface area contributed by atoms with E-state index in [-0.39, 0.29) is 19.3 Å². The summed E-state index contributed by atoms with van der Waals surface area (Å²) in [7, 11) is 0. The first-order valence-electron chi connectivity index (χ1n) is 2.74. The second-order valence-corrected chi connectivity index (χ2v) is 4.11. The molecule has 1 aliphatic heterocycles. The van der Waals surface area contributed by atoms with Crippen molar-refractivity contribution in [1.29, 1.82) is 0 Å². The van der Waals surface area contributed by atoms with Gasteiger partial charge in [0.1, 0.15) is 0 Å². The zero-order chi connectivity index (χ0) is 6.91. The Kier molecular flexibility index (Phi) is 2.28. The molecule has 1 heterocycles. The lowest BCUT2D eigenvalue weighted by atomic mass is 10.2. The lowest BCUT2D eigenvalue weighted by molar-refractivity contribution is 0.0556. The van der Waals surface area contributed by atoms with Crippen molar-refractivity contribution in [1.82, 2.24) is 0 Å². The first-order valence-corrected chi connectivity index (χ1v) is 3.82. The molecule has 1 N–H and O–H groups in total. The fourth-order valence-corrected chi connectivity index (χ4v) is 1.48. The summed E-state index contributed by atoms with van der Waals surface area (Å²) in [6.07, 6.45) is 0.0243. The van der Waals surface area contributed by atoms with E-state index < -0.39 is 3.68 Å². The summed E-state index contributed by atoms with van der Waals surface area (Å²) < 4.78 is 16.4. The van der Waals surface area contributed by atoms with Gasteiger partial charge in [0, 0.05) is 6.42 Å². The Morgan fingerprint density at radius 3 is 2.78 bits per heavy atom. The lowest BCUT2D eigenvalue weighted by Crippen LogP contribution is -2.14. The molecule has 1 rings (SSSR count). The van der Waals surface area contributed by atoms with E-state index in [1.165, 1.54) is 0 Å². The van der Waals surface area contributed by atoms with Crippen LogP contribution in [-0.2, 0) is 4.74 Å². The van der Waals surface area contributed by atoms with Crippen molar-refractivity contribution in [2.45, 2.75) is 16.2 Å². The molecule has 0 amide bonds. The molecule has 1 unspecified atom stereocenters. The molecule has 2 atom stereocenters. The predicted molar refractivity (Wildman–Crippen MR) is 39.3 cm³/mol. The summed E-state index contributed by atoms with van der Waals surface area (Å²) in [5, 5.41) is 8.50. The van der Waals surface area contributed by atoms with E-state index in [1.807, 2.05) is 0 Å². The highest BCUT2D eigenvalue weighted by molar-refractivity contribution is 14.1. The van der Waals surface area contributed by atoms with Gasteiger partial charge in [-0.2, -0.15) is 0 Å². The van der Waals surface area contributed by atoms with Crippen LogP contribution in [0.15, 0.2) is 0 Å². The quantitative estimate of drug-likeness (QED) is 0.549.